The summed E-state index contributed by atoms with van der Waals surface area (Å²) in [6.45, 7) is 19.4. The van der Waals surface area contributed by atoms with Crippen molar-refractivity contribution in [1.82, 2.24) is 0 Å². The molecule has 1 rings (SSSR count). The molecule has 0 aliphatic carbocycles. The van der Waals surface area contributed by atoms with Crippen molar-refractivity contribution in [3.05, 3.63) is 59.7 Å². The Morgan fingerprint density at radius 2 is 1.81 bits per heavy atom. The lowest BCUT2D eigenvalue weighted by Crippen LogP contribution is -2.12. The van der Waals surface area contributed by atoms with Crippen LogP contribution in [0.1, 0.15) is 66.9 Å². The molecule has 0 amide bonds. The van der Waals surface area contributed by atoms with Crippen molar-refractivity contribution in [2.75, 3.05) is 5.48 Å². The summed E-state index contributed by atoms with van der Waals surface area (Å²) in [4.78, 5) is 12.3. The number of nitrogens with one attached hydrogen (secondary N) is 1. The van der Waals surface area contributed by atoms with Gasteiger partial charge in [0, 0.05) is 0 Å². The fourth-order valence-electron chi connectivity index (χ4n) is 1.97. The van der Waals surface area contributed by atoms with Crippen LogP contribution in [0.5, 0.6) is 5.75 Å². The summed E-state index contributed by atoms with van der Waals surface area (Å²) in [5, 5.41) is 9.17. The normalized spacial score (nSPS) is 10.8. The quantitative estimate of drug-likeness (QED) is 0.196. The number of esters is 1. The average Bonchev–Trinajstić information content (AvgIpc) is 2.65. The smallest absolute Gasteiger partial charge is 0.343 e. The van der Waals surface area contributed by atoms with E-state index in [1.54, 1.807) is 12.1 Å². The Bertz CT molecular complexity index is 614. The SMILES string of the molecule is C=C/C(C(=O)Oc1cc(C(C)C)ccc1NO)=C(C)\C=C/C.CC.CC. The maximum absolute atomic E-state index is 12.3. The summed E-state index contributed by atoms with van der Waals surface area (Å²) in [7, 11) is 0. The highest BCUT2D eigenvalue weighted by Gasteiger charge is 2.15. The van der Waals surface area contributed by atoms with Crippen LogP contribution in [0, 0.1) is 0 Å². The fourth-order valence-corrected chi connectivity index (χ4v) is 1.97. The van der Waals surface area contributed by atoms with Crippen LogP contribution >= 0.6 is 0 Å². The zero-order valence-corrected chi connectivity index (χ0v) is 17.5. The van der Waals surface area contributed by atoms with Crippen molar-refractivity contribution in [2.45, 2.75) is 61.3 Å². The third-order valence-electron chi connectivity index (χ3n) is 3.26. The lowest BCUT2D eigenvalue weighted by molar-refractivity contribution is -0.129. The van der Waals surface area contributed by atoms with Crippen molar-refractivity contribution in [1.29, 1.82) is 0 Å². The largest absolute Gasteiger partial charge is 0.421 e. The molecule has 0 heterocycles. The molecule has 0 bridgehead atoms. The van der Waals surface area contributed by atoms with Gasteiger partial charge in [-0.2, -0.15) is 0 Å². The zero-order chi connectivity index (χ0) is 20.7. The minimum Gasteiger partial charge on any atom is -0.421 e. The van der Waals surface area contributed by atoms with Gasteiger partial charge in [0.15, 0.2) is 5.75 Å². The number of anilines is 1. The third-order valence-corrected chi connectivity index (χ3v) is 3.26. The highest BCUT2D eigenvalue weighted by Crippen LogP contribution is 2.29. The molecule has 146 valence electrons. The van der Waals surface area contributed by atoms with Crippen molar-refractivity contribution in [3.8, 4) is 5.75 Å². The number of hydrogen-bond donors (Lipinski definition) is 2. The molecule has 0 radical (unpaired) electrons. The van der Waals surface area contributed by atoms with E-state index in [1.165, 1.54) is 6.08 Å². The standard InChI is InChI=1S/C18H23NO3.2C2H6/c1-6-8-13(5)15(7-2)18(20)22-17-11-14(12(3)4)9-10-16(17)19-21;2*1-2/h6-12,19,21H,2H2,1,3-5H3;2*1-2H3/b8-6-,15-13+;;. The van der Waals surface area contributed by atoms with Gasteiger partial charge in [-0.1, -0.05) is 72.4 Å². The van der Waals surface area contributed by atoms with Gasteiger partial charge >= 0.3 is 5.97 Å². The van der Waals surface area contributed by atoms with Crippen LogP contribution in [0.4, 0.5) is 5.69 Å². The molecule has 0 aliphatic heterocycles. The van der Waals surface area contributed by atoms with Gasteiger partial charge < -0.3 is 4.74 Å². The first-order chi connectivity index (χ1) is 12.4. The van der Waals surface area contributed by atoms with E-state index in [2.05, 4.69) is 6.58 Å². The maximum Gasteiger partial charge on any atom is 0.343 e. The van der Waals surface area contributed by atoms with E-state index >= 15 is 0 Å². The van der Waals surface area contributed by atoms with Crippen LogP contribution in [-0.2, 0) is 4.79 Å². The molecule has 0 atom stereocenters. The van der Waals surface area contributed by atoms with E-state index in [0.717, 1.165) is 11.1 Å². The first kappa shape index (κ1) is 25.9. The second-order valence-corrected chi connectivity index (χ2v) is 5.21. The van der Waals surface area contributed by atoms with Crippen LogP contribution in [0.15, 0.2) is 54.2 Å². The van der Waals surface area contributed by atoms with Gasteiger partial charge in [0.05, 0.1) is 5.57 Å². The molecule has 0 aliphatic rings. The molecule has 0 saturated carbocycles. The second kappa shape index (κ2) is 15.0. The molecule has 26 heavy (non-hydrogen) atoms. The summed E-state index contributed by atoms with van der Waals surface area (Å²) in [5.41, 5.74) is 4.54. The van der Waals surface area contributed by atoms with Gasteiger partial charge in [0.2, 0.25) is 0 Å². The number of rotatable bonds is 6. The highest BCUT2D eigenvalue weighted by molar-refractivity contribution is 5.94. The molecular weight excluding hydrogens is 326 g/mol. The molecular formula is C22H35NO3. The predicted molar refractivity (Wildman–Crippen MR) is 112 cm³/mol. The van der Waals surface area contributed by atoms with E-state index in [-0.39, 0.29) is 11.7 Å². The molecule has 0 saturated heterocycles. The summed E-state index contributed by atoms with van der Waals surface area (Å²) in [5.74, 6) is 0.0544. The predicted octanol–water partition coefficient (Wildman–Crippen LogP) is 6.65. The van der Waals surface area contributed by atoms with Crippen LogP contribution in [0.2, 0.25) is 0 Å². The van der Waals surface area contributed by atoms with Gasteiger partial charge in [-0.25, -0.2) is 4.79 Å². The van der Waals surface area contributed by atoms with Crippen LogP contribution < -0.4 is 10.2 Å². The van der Waals surface area contributed by atoms with Crippen molar-refractivity contribution < 1.29 is 14.7 Å². The van der Waals surface area contributed by atoms with Gasteiger partial charge in [0.25, 0.3) is 0 Å². The molecule has 0 aromatic heterocycles. The van der Waals surface area contributed by atoms with E-state index in [1.807, 2.05) is 79.1 Å². The molecule has 4 heteroatoms. The van der Waals surface area contributed by atoms with Gasteiger partial charge in [-0.15, -0.1) is 0 Å². The van der Waals surface area contributed by atoms with Crippen molar-refractivity contribution in [3.63, 3.8) is 0 Å². The maximum atomic E-state index is 12.3. The van der Waals surface area contributed by atoms with Crippen molar-refractivity contribution in [2.24, 2.45) is 0 Å². The molecule has 1 aromatic rings. The van der Waals surface area contributed by atoms with E-state index < -0.39 is 5.97 Å². The molecule has 4 nitrogen and oxygen atoms in total. The molecule has 0 spiro atoms. The first-order valence-electron chi connectivity index (χ1n) is 9.16. The fraction of sp³-hybridized carbons (Fsp3) is 0.409. The van der Waals surface area contributed by atoms with Crippen molar-refractivity contribution >= 4 is 11.7 Å². The number of carbonyl (C=O) groups excluding carboxylic acids is 1. The lowest BCUT2D eigenvalue weighted by Gasteiger charge is -2.13. The molecule has 1 aromatic carbocycles. The van der Waals surface area contributed by atoms with E-state index in [9.17, 15) is 4.79 Å². The summed E-state index contributed by atoms with van der Waals surface area (Å²) >= 11 is 0. The summed E-state index contributed by atoms with van der Waals surface area (Å²) in [6, 6.07) is 5.29. The van der Waals surface area contributed by atoms with Gasteiger partial charge in [0.1, 0.15) is 5.69 Å². The molecule has 0 fully saturated rings. The molecule has 2 N–H and O–H groups in total. The number of carbonyl (C=O) groups is 1. The summed E-state index contributed by atoms with van der Waals surface area (Å²) < 4.78 is 5.42. The van der Waals surface area contributed by atoms with Crippen LogP contribution in [0.25, 0.3) is 0 Å². The minimum absolute atomic E-state index is 0.282. The number of benzene rings is 1. The van der Waals surface area contributed by atoms with E-state index in [4.69, 9.17) is 9.94 Å². The Labute approximate surface area is 159 Å². The monoisotopic (exact) mass is 361 g/mol. The Morgan fingerprint density at radius 1 is 1.23 bits per heavy atom. The molecule has 0 unspecified atom stereocenters. The second-order valence-electron chi connectivity index (χ2n) is 5.21. The minimum atomic E-state index is -0.511. The average molecular weight is 362 g/mol. The van der Waals surface area contributed by atoms with Crippen LogP contribution in [-0.4, -0.2) is 11.2 Å². The zero-order valence-electron chi connectivity index (χ0n) is 17.5. The van der Waals surface area contributed by atoms with Gasteiger partial charge in [-0.3, -0.25) is 10.7 Å². The Kier molecular flexibility index (Phi) is 14.9. The first-order valence-corrected chi connectivity index (χ1v) is 9.16. The Balaban J connectivity index is 0. The topological polar surface area (TPSA) is 58.6 Å². The van der Waals surface area contributed by atoms with Gasteiger partial charge in [-0.05, 0) is 43.0 Å². The lowest BCUT2D eigenvalue weighted by atomic mass is 10.0. The Hall–Kier alpha value is -2.33. The number of ether oxygens (including phenoxy) is 1. The van der Waals surface area contributed by atoms with E-state index in [0.29, 0.717) is 11.3 Å². The summed E-state index contributed by atoms with van der Waals surface area (Å²) in [6.07, 6.45) is 5.12. The third kappa shape index (κ3) is 8.17. The number of hydrogen-bond acceptors (Lipinski definition) is 4. The Morgan fingerprint density at radius 3 is 2.23 bits per heavy atom. The van der Waals surface area contributed by atoms with Crippen LogP contribution in [0.3, 0.4) is 0 Å². The highest BCUT2D eigenvalue weighted by atomic mass is 16.5. The number of allylic oxidation sites excluding steroid dienone is 3.